The average Bonchev–Trinajstić information content (AvgIpc) is 2.28. The van der Waals surface area contributed by atoms with Gasteiger partial charge in [0.15, 0.2) is 0 Å². The Bertz CT molecular complexity index is 127. The van der Waals surface area contributed by atoms with E-state index in [2.05, 4.69) is 6.92 Å². The number of rotatable bonds is 3. The van der Waals surface area contributed by atoms with Crippen molar-refractivity contribution < 1.29 is 5.11 Å². The Morgan fingerprint density at radius 2 is 2.36 bits per heavy atom. The van der Waals surface area contributed by atoms with Crippen molar-refractivity contribution in [3.63, 3.8) is 0 Å². The molecule has 1 aliphatic carbocycles. The van der Waals surface area contributed by atoms with Crippen LogP contribution in [-0.2, 0) is 0 Å². The maximum atomic E-state index is 9.91. The first-order valence-electron chi connectivity index (χ1n) is 4.64. The molecule has 2 heteroatoms. The summed E-state index contributed by atoms with van der Waals surface area (Å²) in [6.07, 6.45) is 5.96. The molecule has 3 N–H and O–H groups in total. The molecule has 2 unspecified atom stereocenters. The third kappa shape index (κ3) is 2.46. The second-order valence-corrected chi connectivity index (χ2v) is 3.83. The van der Waals surface area contributed by atoms with Crippen LogP contribution in [-0.4, -0.2) is 16.7 Å². The van der Waals surface area contributed by atoms with E-state index in [1.165, 1.54) is 0 Å². The van der Waals surface area contributed by atoms with Crippen molar-refractivity contribution in [1.82, 2.24) is 0 Å². The molecule has 0 heterocycles. The summed E-state index contributed by atoms with van der Waals surface area (Å²) in [5.74, 6) is 0. The lowest BCUT2D eigenvalue weighted by atomic mass is 9.95. The minimum Gasteiger partial charge on any atom is -0.390 e. The highest BCUT2D eigenvalue weighted by Gasteiger charge is 2.34. The highest BCUT2D eigenvalue weighted by molar-refractivity contribution is 4.90. The quantitative estimate of drug-likeness (QED) is 0.651. The summed E-state index contributed by atoms with van der Waals surface area (Å²) < 4.78 is 0. The maximum absolute atomic E-state index is 9.91. The molecule has 0 aromatic rings. The molecular weight excluding hydrogens is 138 g/mol. The van der Waals surface area contributed by atoms with Gasteiger partial charge in [-0.15, -0.1) is 0 Å². The van der Waals surface area contributed by atoms with Gasteiger partial charge in [-0.1, -0.05) is 19.8 Å². The number of hydrogen-bond donors (Lipinski definition) is 2. The minimum absolute atomic E-state index is 0.247. The third-order valence-corrected chi connectivity index (χ3v) is 2.62. The Kier molecular flexibility index (Phi) is 2.90. The molecule has 0 spiro atoms. The molecule has 11 heavy (non-hydrogen) atoms. The van der Waals surface area contributed by atoms with Crippen LogP contribution in [0.2, 0.25) is 0 Å². The summed E-state index contributed by atoms with van der Waals surface area (Å²) in [4.78, 5) is 0. The number of nitrogens with two attached hydrogens (primary N) is 1. The predicted molar refractivity (Wildman–Crippen MR) is 46.3 cm³/mol. The van der Waals surface area contributed by atoms with Gasteiger partial charge < -0.3 is 10.8 Å². The van der Waals surface area contributed by atoms with E-state index in [0.29, 0.717) is 0 Å². The van der Waals surface area contributed by atoms with Crippen LogP contribution in [0.15, 0.2) is 0 Å². The summed E-state index contributed by atoms with van der Waals surface area (Å²) in [7, 11) is 0. The van der Waals surface area contributed by atoms with E-state index in [1.807, 2.05) is 0 Å². The zero-order valence-electron chi connectivity index (χ0n) is 7.34. The van der Waals surface area contributed by atoms with Crippen LogP contribution in [0, 0.1) is 0 Å². The molecule has 0 amide bonds. The molecule has 1 fully saturated rings. The third-order valence-electron chi connectivity index (χ3n) is 2.62. The van der Waals surface area contributed by atoms with E-state index in [1.54, 1.807) is 0 Å². The second-order valence-electron chi connectivity index (χ2n) is 3.83. The van der Waals surface area contributed by atoms with E-state index in [4.69, 9.17) is 5.73 Å². The van der Waals surface area contributed by atoms with Crippen LogP contribution in [0.4, 0.5) is 0 Å². The van der Waals surface area contributed by atoms with E-state index in [0.717, 1.165) is 38.5 Å². The maximum Gasteiger partial charge on any atom is 0.0663 e. The number of hydrogen-bond acceptors (Lipinski definition) is 2. The molecule has 2 nitrogen and oxygen atoms in total. The molecule has 1 saturated carbocycles. The normalized spacial score (nSPS) is 37.9. The first-order valence-corrected chi connectivity index (χ1v) is 4.64. The lowest BCUT2D eigenvalue weighted by Crippen LogP contribution is -2.27. The minimum atomic E-state index is -0.407. The van der Waals surface area contributed by atoms with E-state index in [9.17, 15) is 5.11 Å². The standard InChI is InChI=1S/C9H19NO/c1-2-3-5-9(11)6-4-8(10)7-9/h8,11H,2-7,10H2,1H3. The monoisotopic (exact) mass is 157 g/mol. The van der Waals surface area contributed by atoms with Gasteiger partial charge >= 0.3 is 0 Å². The van der Waals surface area contributed by atoms with Crippen molar-refractivity contribution in [2.75, 3.05) is 0 Å². The average molecular weight is 157 g/mol. The first-order chi connectivity index (χ1) is 5.16. The fourth-order valence-electron chi connectivity index (χ4n) is 1.88. The number of aliphatic hydroxyl groups is 1. The van der Waals surface area contributed by atoms with Gasteiger partial charge in [0.25, 0.3) is 0 Å². The van der Waals surface area contributed by atoms with Crippen molar-refractivity contribution in [1.29, 1.82) is 0 Å². The predicted octanol–water partition coefficient (Wildman–Crippen LogP) is 1.42. The van der Waals surface area contributed by atoms with E-state index < -0.39 is 5.60 Å². The van der Waals surface area contributed by atoms with Gasteiger partial charge in [-0.05, 0) is 25.7 Å². The fraction of sp³-hybridized carbons (Fsp3) is 1.00. The Labute approximate surface area is 68.8 Å². The summed E-state index contributed by atoms with van der Waals surface area (Å²) in [5, 5.41) is 9.91. The molecular formula is C9H19NO. The summed E-state index contributed by atoms with van der Waals surface area (Å²) >= 11 is 0. The molecule has 0 saturated heterocycles. The van der Waals surface area contributed by atoms with Crippen LogP contribution in [0.1, 0.15) is 45.4 Å². The zero-order valence-corrected chi connectivity index (χ0v) is 7.34. The topological polar surface area (TPSA) is 46.2 Å². The van der Waals surface area contributed by atoms with Gasteiger partial charge in [0.05, 0.1) is 5.60 Å². The van der Waals surface area contributed by atoms with E-state index in [-0.39, 0.29) is 6.04 Å². The lowest BCUT2D eigenvalue weighted by Gasteiger charge is -2.21. The van der Waals surface area contributed by atoms with Gasteiger partial charge in [0.1, 0.15) is 0 Å². The van der Waals surface area contributed by atoms with Crippen molar-refractivity contribution in [2.24, 2.45) is 5.73 Å². The second kappa shape index (κ2) is 3.55. The summed E-state index contributed by atoms with van der Waals surface area (Å²) in [6, 6.07) is 0.247. The smallest absolute Gasteiger partial charge is 0.0663 e. The largest absolute Gasteiger partial charge is 0.390 e. The Balaban J connectivity index is 2.29. The summed E-state index contributed by atoms with van der Waals surface area (Å²) in [6.45, 7) is 2.15. The van der Waals surface area contributed by atoms with Crippen LogP contribution in [0.25, 0.3) is 0 Å². The molecule has 0 aromatic heterocycles. The number of unbranched alkanes of at least 4 members (excludes halogenated alkanes) is 1. The van der Waals surface area contributed by atoms with Crippen molar-refractivity contribution in [2.45, 2.75) is 57.1 Å². The van der Waals surface area contributed by atoms with Gasteiger partial charge in [0.2, 0.25) is 0 Å². The Morgan fingerprint density at radius 1 is 1.64 bits per heavy atom. The van der Waals surface area contributed by atoms with Crippen molar-refractivity contribution in [3.05, 3.63) is 0 Å². The highest BCUT2D eigenvalue weighted by Crippen LogP contribution is 2.32. The molecule has 1 aliphatic rings. The molecule has 2 atom stereocenters. The van der Waals surface area contributed by atoms with Gasteiger partial charge in [-0.25, -0.2) is 0 Å². The van der Waals surface area contributed by atoms with Gasteiger partial charge in [-0.3, -0.25) is 0 Å². The summed E-state index contributed by atoms with van der Waals surface area (Å²) in [5.41, 5.74) is 5.31. The van der Waals surface area contributed by atoms with Crippen molar-refractivity contribution >= 4 is 0 Å². The molecule has 66 valence electrons. The van der Waals surface area contributed by atoms with E-state index >= 15 is 0 Å². The fourth-order valence-corrected chi connectivity index (χ4v) is 1.88. The first kappa shape index (κ1) is 9.01. The SMILES string of the molecule is CCCCC1(O)CCC(N)C1. The Morgan fingerprint density at radius 3 is 2.82 bits per heavy atom. The van der Waals surface area contributed by atoms with Crippen LogP contribution in [0.5, 0.6) is 0 Å². The van der Waals surface area contributed by atoms with Crippen LogP contribution >= 0.6 is 0 Å². The highest BCUT2D eigenvalue weighted by atomic mass is 16.3. The lowest BCUT2D eigenvalue weighted by molar-refractivity contribution is 0.0354. The molecule has 1 rings (SSSR count). The van der Waals surface area contributed by atoms with Crippen LogP contribution in [0.3, 0.4) is 0 Å². The van der Waals surface area contributed by atoms with Crippen LogP contribution < -0.4 is 5.73 Å². The molecule has 0 radical (unpaired) electrons. The molecule has 0 aliphatic heterocycles. The molecule has 0 bridgehead atoms. The Hall–Kier alpha value is -0.0800. The van der Waals surface area contributed by atoms with Gasteiger partial charge in [0, 0.05) is 6.04 Å². The molecule has 0 aromatic carbocycles. The van der Waals surface area contributed by atoms with Crippen molar-refractivity contribution in [3.8, 4) is 0 Å². The zero-order chi connectivity index (χ0) is 8.32. The van der Waals surface area contributed by atoms with Gasteiger partial charge in [-0.2, -0.15) is 0 Å².